The molecule has 2 heterocycles. The molecule has 4 atom stereocenters. The van der Waals surface area contributed by atoms with Crippen LogP contribution in [-0.2, 0) is 14.3 Å². The minimum atomic E-state index is -0.368. The van der Waals surface area contributed by atoms with Crippen molar-refractivity contribution in [3.8, 4) is 0 Å². The zero-order chi connectivity index (χ0) is 11.9. The van der Waals surface area contributed by atoms with E-state index < -0.39 is 0 Å². The molecule has 4 unspecified atom stereocenters. The van der Waals surface area contributed by atoms with Crippen molar-refractivity contribution < 1.29 is 14.3 Å². The highest BCUT2D eigenvalue weighted by Gasteiger charge is 2.48. The zero-order valence-corrected chi connectivity index (χ0v) is 10.7. The molecule has 16 heavy (non-hydrogen) atoms. The molecule has 2 aliphatic heterocycles. The van der Waals surface area contributed by atoms with E-state index in [1.165, 1.54) is 0 Å². The third kappa shape index (κ3) is 1.97. The Labute approximate surface area is 97.5 Å². The van der Waals surface area contributed by atoms with Crippen molar-refractivity contribution in [3.05, 3.63) is 0 Å². The SMILES string of the molecule is CCC(C)(C)C(=O)OC1CC2OC1CC2C. The molecule has 2 aliphatic rings. The molecule has 0 radical (unpaired) electrons. The molecule has 92 valence electrons. The number of hydrogen-bond acceptors (Lipinski definition) is 3. The second-order valence-corrected chi connectivity index (χ2v) is 5.84. The van der Waals surface area contributed by atoms with Crippen LogP contribution in [0.2, 0.25) is 0 Å². The van der Waals surface area contributed by atoms with Crippen LogP contribution >= 0.6 is 0 Å². The summed E-state index contributed by atoms with van der Waals surface area (Å²) < 4.78 is 11.4. The van der Waals surface area contributed by atoms with Gasteiger partial charge in [0.1, 0.15) is 6.10 Å². The van der Waals surface area contributed by atoms with Crippen molar-refractivity contribution in [2.24, 2.45) is 11.3 Å². The Morgan fingerprint density at radius 3 is 2.50 bits per heavy atom. The summed E-state index contributed by atoms with van der Waals surface area (Å²) >= 11 is 0. The number of carbonyl (C=O) groups excluding carboxylic acids is 1. The number of fused-ring (bicyclic) bond motifs is 2. The van der Waals surface area contributed by atoms with Crippen LogP contribution in [0.1, 0.15) is 47.0 Å². The highest BCUT2D eigenvalue weighted by Crippen LogP contribution is 2.40. The standard InChI is InChI=1S/C13H22O3/c1-5-13(3,4)12(14)16-11-7-9-8(2)6-10(11)15-9/h8-11H,5-7H2,1-4H3. The largest absolute Gasteiger partial charge is 0.459 e. The van der Waals surface area contributed by atoms with Gasteiger partial charge in [-0.3, -0.25) is 4.79 Å². The van der Waals surface area contributed by atoms with Gasteiger partial charge < -0.3 is 9.47 Å². The Morgan fingerprint density at radius 2 is 2.06 bits per heavy atom. The van der Waals surface area contributed by atoms with Gasteiger partial charge in [0.2, 0.25) is 0 Å². The van der Waals surface area contributed by atoms with Crippen molar-refractivity contribution in [2.75, 3.05) is 0 Å². The summed E-state index contributed by atoms with van der Waals surface area (Å²) in [6.07, 6.45) is 3.19. The number of carbonyl (C=O) groups is 1. The lowest BCUT2D eigenvalue weighted by molar-refractivity contribution is -0.162. The molecule has 2 bridgehead atoms. The Kier molecular flexibility index (Phi) is 2.99. The maximum atomic E-state index is 11.9. The summed E-state index contributed by atoms with van der Waals surface area (Å²) in [5, 5.41) is 0. The molecule has 0 amide bonds. The lowest BCUT2D eigenvalue weighted by Crippen LogP contribution is -2.36. The third-order valence-corrected chi connectivity index (χ3v) is 4.16. The van der Waals surface area contributed by atoms with E-state index in [9.17, 15) is 4.79 Å². The molecular weight excluding hydrogens is 204 g/mol. The van der Waals surface area contributed by atoms with Gasteiger partial charge in [-0.1, -0.05) is 13.8 Å². The van der Waals surface area contributed by atoms with Crippen molar-refractivity contribution in [1.29, 1.82) is 0 Å². The zero-order valence-electron chi connectivity index (χ0n) is 10.7. The fourth-order valence-corrected chi connectivity index (χ4v) is 2.41. The minimum absolute atomic E-state index is 0.000440. The van der Waals surface area contributed by atoms with Gasteiger partial charge in [0.05, 0.1) is 17.6 Å². The monoisotopic (exact) mass is 226 g/mol. The molecule has 0 aliphatic carbocycles. The van der Waals surface area contributed by atoms with Gasteiger partial charge >= 0.3 is 5.97 Å². The van der Waals surface area contributed by atoms with Crippen molar-refractivity contribution >= 4 is 5.97 Å². The fourth-order valence-electron chi connectivity index (χ4n) is 2.41. The first kappa shape index (κ1) is 11.9. The topological polar surface area (TPSA) is 35.5 Å². The molecular formula is C13H22O3. The number of rotatable bonds is 3. The lowest BCUT2D eigenvalue weighted by Gasteiger charge is -2.27. The van der Waals surface area contributed by atoms with Crippen molar-refractivity contribution in [3.63, 3.8) is 0 Å². The normalized spacial score (nSPS) is 37.8. The summed E-state index contributed by atoms with van der Waals surface area (Å²) in [6.45, 7) is 8.09. The van der Waals surface area contributed by atoms with E-state index in [-0.39, 0.29) is 23.6 Å². The van der Waals surface area contributed by atoms with Gasteiger partial charge in [-0.25, -0.2) is 0 Å². The summed E-state index contributed by atoms with van der Waals surface area (Å²) in [7, 11) is 0. The van der Waals surface area contributed by atoms with Gasteiger partial charge in [0.25, 0.3) is 0 Å². The lowest BCUT2D eigenvalue weighted by atomic mass is 9.87. The van der Waals surface area contributed by atoms with Gasteiger partial charge in [-0.2, -0.15) is 0 Å². The van der Waals surface area contributed by atoms with E-state index in [2.05, 4.69) is 6.92 Å². The molecule has 0 aromatic carbocycles. The van der Waals surface area contributed by atoms with Crippen LogP contribution in [-0.4, -0.2) is 24.3 Å². The Bertz CT molecular complexity index is 283. The van der Waals surface area contributed by atoms with Gasteiger partial charge in [-0.15, -0.1) is 0 Å². The molecule has 0 N–H and O–H groups in total. The van der Waals surface area contributed by atoms with Crippen molar-refractivity contribution in [2.45, 2.75) is 65.3 Å². The van der Waals surface area contributed by atoms with E-state index in [1.54, 1.807) is 0 Å². The first-order chi connectivity index (χ1) is 7.44. The Morgan fingerprint density at radius 1 is 1.38 bits per heavy atom. The quantitative estimate of drug-likeness (QED) is 0.694. The number of esters is 1. The predicted octanol–water partition coefficient (Wildman–Crippen LogP) is 2.53. The maximum absolute atomic E-state index is 11.9. The van der Waals surface area contributed by atoms with Gasteiger partial charge in [0.15, 0.2) is 0 Å². The minimum Gasteiger partial charge on any atom is -0.459 e. The summed E-state index contributed by atoms with van der Waals surface area (Å²) in [5.74, 6) is 0.544. The summed E-state index contributed by atoms with van der Waals surface area (Å²) in [4.78, 5) is 11.9. The van der Waals surface area contributed by atoms with Crippen molar-refractivity contribution in [1.82, 2.24) is 0 Å². The average molecular weight is 226 g/mol. The fraction of sp³-hybridized carbons (Fsp3) is 0.923. The summed E-state index contributed by atoms with van der Waals surface area (Å²) in [6, 6.07) is 0. The van der Waals surface area contributed by atoms with Crippen LogP contribution in [0, 0.1) is 11.3 Å². The first-order valence-electron chi connectivity index (χ1n) is 6.30. The van der Waals surface area contributed by atoms with Crippen LogP contribution in [0.5, 0.6) is 0 Å². The van der Waals surface area contributed by atoms with E-state index in [4.69, 9.17) is 9.47 Å². The molecule has 2 rings (SSSR count). The Balaban J connectivity index is 1.91. The average Bonchev–Trinajstić information content (AvgIpc) is 2.76. The van der Waals surface area contributed by atoms with E-state index >= 15 is 0 Å². The van der Waals surface area contributed by atoms with E-state index in [1.807, 2.05) is 20.8 Å². The molecule has 0 aromatic heterocycles. The molecule has 0 aromatic rings. The van der Waals surface area contributed by atoms with Crippen LogP contribution in [0.3, 0.4) is 0 Å². The highest BCUT2D eigenvalue weighted by atomic mass is 16.6. The number of ether oxygens (including phenoxy) is 2. The van der Waals surface area contributed by atoms with Crippen LogP contribution in [0.4, 0.5) is 0 Å². The predicted molar refractivity (Wildman–Crippen MR) is 61.0 cm³/mol. The second-order valence-electron chi connectivity index (χ2n) is 5.84. The smallest absolute Gasteiger partial charge is 0.311 e. The number of hydrogen-bond donors (Lipinski definition) is 0. The molecule has 0 saturated carbocycles. The molecule has 0 spiro atoms. The maximum Gasteiger partial charge on any atom is 0.311 e. The third-order valence-electron chi connectivity index (χ3n) is 4.16. The molecule has 3 nitrogen and oxygen atoms in total. The second kappa shape index (κ2) is 4.02. The van der Waals surface area contributed by atoms with Crippen LogP contribution in [0.15, 0.2) is 0 Å². The van der Waals surface area contributed by atoms with E-state index in [0.717, 1.165) is 19.3 Å². The molecule has 3 heteroatoms. The molecule has 2 fully saturated rings. The Hall–Kier alpha value is -0.570. The van der Waals surface area contributed by atoms with E-state index in [0.29, 0.717) is 12.0 Å². The van der Waals surface area contributed by atoms with Gasteiger partial charge in [-0.05, 0) is 32.6 Å². The van der Waals surface area contributed by atoms with Gasteiger partial charge in [0, 0.05) is 6.42 Å². The van der Waals surface area contributed by atoms with Crippen LogP contribution in [0.25, 0.3) is 0 Å². The summed E-state index contributed by atoms with van der Waals surface area (Å²) in [5.41, 5.74) is -0.368. The molecule has 2 saturated heterocycles. The first-order valence-corrected chi connectivity index (χ1v) is 6.30. The van der Waals surface area contributed by atoms with Crippen LogP contribution < -0.4 is 0 Å². The highest BCUT2D eigenvalue weighted by molar-refractivity contribution is 5.76.